The second-order valence-corrected chi connectivity index (χ2v) is 7.31. The van der Waals surface area contributed by atoms with E-state index in [1.807, 2.05) is 23.1 Å². The quantitative estimate of drug-likeness (QED) is 0.876. The Labute approximate surface area is 149 Å². The molecular formula is C21H26N2O2. The molecule has 2 amide bonds. The average molecular weight is 338 g/mol. The Morgan fingerprint density at radius 2 is 1.96 bits per heavy atom. The lowest BCUT2D eigenvalue weighted by Crippen LogP contribution is -2.37. The second-order valence-electron chi connectivity index (χ2n) is 7.31. The molecule has 1 N–H and O–H groups in total. The summed E-state index contributed by atoms with van der Waals surface area (Å²) in [5.74, 6) is 0.680. The summed E-state index contributed by atoms with van der Waals surface area (Å²) in [6.07, 6.45) is 1.82. The van der Waals surface area contributed by atoms with E-state index in [9.17, 15) is 9.59 Å². The third kappa shape index (κ3) is 4.38. The highest BCUT2D eigenvalue weighted by atomic mass is 16.2. The molecule has 132 valence electrons. The number of hydrogen-bond donors (Lipinski definition) is 1. The number of carbonyl (C=O) groups is 2. The Morgan fingerprint density at radius 1 is 1.20 bits per heavy atom. The van der Waals surface area contributed by atoms with E-state index in [-0.39, 0.29) is 17.9 Å². The van der Waals surface area contributed by atoms with Crippen LogP contribution in [0.15, 0.2) is 42.5 Å². The van der Waals surface area contributed by atoms with Crippen molar-refractivity contribution >= 4 is 22.6 Å². The molecule has 0 radical (unpaired) electrons. The molecule has 1 saturated heterocycles. The van der Waals surface area contributed by atoms with E-state index in [1.165, 1.54) is 10.8 Å². The molecule has 1 fully saturated rings. The van der Waals surface area contributed by atoms with Gasteiger partial charge in [0.1, 0.15) is 0 Å². The SMILES string of the molecule is CC(C)CCC(=O)N[C@H]1CC(=O)N(Cc2cccc3ccccc23)C1. The zero-order valence-electron chi connectivity index (χ0n) is 15.0. The number of nitrogens with zero attached hydrogens (tertiary/aromatic N) is 1. The minimum absolute atomic E-state index is 0.0542. The third-order valence-corrected chi connectivity index (χ3v) is 4.77. The maximum Gasteiger partial charge on any atom is 0.225 e. The van der Waals surface area contributed by atoms with Crippen LogP contribution in [0.3, 0.4) is 0 Å². The molecule has 1 aliphatic rings. The summed E-state index contributed by atoms with van der Waals surface area (Å²) in [6.45, 7) is 5.41. The monoisotopic (exact) mass is 338 g/mol. The number of benzene rings is 2. The number of carbonyl (C=O) groups excluding carboxylic acids is 2. The third-order valence-electron chi connectivity index (χ3n) is 4.77. The summed E-state index contributed by atoms with van der Waals surface area (Å²) in [5.41, 5.74) is 1.15. The molecule has 2 aromatic rings. The molecule has 0 spiro atoms. The fourth-order valence-corrected chi connectivity index (χ4v) is 3.38. The molecule has 0 saturated carbocycles. The van der Waals surface area contributed by atoms with E-state index in [1.54, 1.807) is 0 Å². The van der Waals surface area contributed by atoms with Gasteiger partial charge in [-0.1, -0.05) is 56.3 Å². The lowest BCUT2D eigenvalue weighted by molar-refractivity contribution is -0.128. The fourth-order valence-electron chi connectivity index (χ4n) is 3.38. The molecule has 2 aromatic carbocycles. The maximum atomic E-state index is 12.3. The first-order valence-corrected chi connectivity index (χ1v) is 9.06. The predicted octanol–water partition coefficient (Wildman–Crippen LogP) is 3.49. The first kappa shape index (κ1) is 17.5. The van der Waals surface area contributed by atoms with Gasteiger partial charge in [0.05, 0.1) is 6.04 Å². The van der Waals surface area contributed by atoms with Crippen LogP contribution in [0.2, 0.25) is 0 Å². The largest absolute Gasteiger partial charge is 0.351 e. The molecule has 4 heteroatoms. The molecule has 25 heavy (non-hydrogen) atoms. The number of rotatable bonds is 6. The van der Waals surface area contributed by atoms with Crippen molar-refractivity contribution in [1.29, 1.82) is 0 Å². The standard InChI is InChI=1S/C21H26N2O2/c1-15(2)10-11-20(24)22-18-12-21(25)23(14-18)13-17-8-5-7-16-6-3-4-9-19(16)17/h3-9,15,18H,10-14H2,1-2H3,(H,22,24)/t18-/m0/s1. The molecule has 0 aliphatic carbocycles. The van der Waals surface area contributed by atoms with Crippen molar-refractivity contribution in [1.82, 2.24) is 10.2 Å². The predicted molar refractivity (Wildman–Crippen MR) is 100.0 cm³/mol. The number of hydrogen-bond acceptors (Lipinski definition) is 2. The van der Waals surface area contributed by atoms with Gasteiger partial charge in [-0.3, -0.25) is 9.59 Å². The first-order chi connectivity index (χ1) is 12.0. The number of amides is 2. The van der Waals surface area contributed by atoms with Crippen molar-refractivity contribution in [2.75, 3.05) is 6.54 Å². The number of likely N-dealkylation sites (tertiary alicyclic amines) is 1. The molecule has 4 nitrogen and oxygen atoms in total. The van der Waals surface area contributed by atoms with Gasteiger partial charge in [0.25, 0.3) is 0 Å². The van der Waals surface area contributed by atoms with Crippen molar-refractivity contribution in [2.24, 2.45) is 5.92 Å². The van der Waals surface area contributed by atoms with Gasteiger partial charge in [0.2, 0.25) is 11.8 Å². The molecule has 1 aliphatic heterocycles. The fraction of sp³-hybridized carbons (Fsp3) is 0.429. The summed E-state index contributed by atoms with van der Waals surface area (Å²) in [5, 5.41) is 5.38. The van der Waals surface area contributed by atoms with Crippen molar-refractivity contribution < 1.29 is 9.59 Å². The summed E-state index contributed by atoms with van der Waals surface area (Å²) in [7, 11) is 0. The van der Waals surface area contributed by atoms with Crippen LogP contribution in [-0.2, 0) is 16.1 Å². The van der Waals surface area contributed by atoms with E-state index < -0.39 is 0 Å². The van der Waals surface area contributed by atoms with Gasteiger partial charge in [-0.25, -0.2) is 0 Å². The first-order valence-electron chi connectivity index (χ1n) is 9.06. The van der Waals surface area contributed by atoms with Gasteiger partial charge in [-0.05, 0) is 28.7 Å². The molecule has 0 unspecified atom stereocenters. The lowest BCUT2D eigenvalue weighted by Gasteiger charge is -2.18. The van der Waals surface area contributed by atoms with Crippen LogP contribution in [0.25, 0.3) is 10.8 Å². The van der Waals surface area contributed by atoms with E-state index in [0.717, 1.165) is 12.0 Å². The summed E-state index contributed by atoms with van der Waals surface area (Å²) in [6, 6.07) is 14.3. The van der Waals surface area contributed by atoms with E-state index in [4.69, 9.17) is 0 Å². The smallest absolute Gasteiger partial charge is 0.225 e. The van der Waals surface area contributed by atoms with Crippen molar-refractivity contribution in [2.45, 2.75) is 45.7 Å². The van der Waals surface area contributed by atoms with E-state index in [2.05, 4.69) is 43.4 Å². The average Bonchev–Trinajstić information content (AvgIpc) is 2.92. The lowest BCUT2D eigenvalue weighted by atomic mass is 10.0. The Morgan fingerprint density at radius 3 is 2.76 bits per heavy atom. The van der Waals surface area contributed by atoms with Crippen LogP contribution >= 0.6 is 0 Å². The zero-order valence-corrected chi connectivity index (χ0v) is 15.0. The van der Waals surface area contributed by atoms with E-state index >= 15 is 0 Å². The highest BCUT2D eigenvalue weighted by molar-refractivity contribution is 5.87. The van der Waals surface area contributed by atoms with Gasteiger partial charge < -0.3 is 10.2 Å². The Bertz CT molecular complexity index is 764. The van der Waals surface area contributed by atoms with Crippen LogP contribution in [0, 0.1) is 5.92 Å². The van der Waals surface area contributed by atoms with Gasteiger partial charge in [0, 0.05) is 25.9 Å². The minimum atomic E-state index is -0.0675. The van der Waals surface area contributed by atoms with Crippen molar-refractivity contribution in [3.8, 4) is 0 Å². The Hall–Kier alpha value is -2.36. The van der Waals surface area contributed by atoms with Gasteiger partial charge in [0.15, 0.2) is 0 Å². The van der Waals surface area contributed by atoms with Crippen molar-refractivity contribution in [3.05, 3.63) is 48.0 Å². The van der Waals surface area contributed by atoms with Gasteiger partial charge in [-0.15, -0.1) is 0 Å². The molecule has 1 atom stereocenters. The molecule has 0 bridgehead atoms. The van der Waals surface area contributed by atoms with Crippen LogP contribution in [0.4, 0.5) is 0 Å². The highest BCUT2D eigenvalue weighted by Crippen LogP contribution is 2.22. The van der Waals surface area contributed by atoms with Crippen LogP contribution in [-0.4, -0.2) is 29.3 Å². The topological polar surface area (TPSA) is 49.4 Å². The summed E-state index contributed by atoms with van der Waals surface area (Å²) < 4.78 is 0. The summed E-state index contributed by atoms with van der Waals surface area (Å²) in [4.78, 5) is 26.2. The van der Waals surface area contributed by atoms with Crippen LogP contribution in [0.5, 0.6) is 0 Å². The highest BCUT2D eigenvalue weighted by Gasteiger charge is 2.30. The molecule has 1 heterocycles. The zero-order chi connectivity index (χ0) is 17.8. The maximum absolute atomic E-state index is 12.3. The molecular weight excluding hydrogens is 312 g/mol. The minimum Gasteiger partial charge on any atom is -0.351 e. The molecule has 3 rings (SSSR count). The Kier molecular flexibility index (Phi) is 5.37. The van der Waals surface area contributed by atoms with E-state index in [0.29, 0.717) is 31.8 Å². The van der Waals surface area contributed by atoms with Crippen molar-refractivity contribution in [3.63, 3.8) is 0 Å². The molecule has 0 aromatic heterocycles. The van der Waals surface area contributed by atoms with Crippen LogP contribution in [0.1, 0.15) is 38.7 Å². The number of fused-ring (bicyclic) bond motifs is 1. The van der Waals surface area contributed by atoms with Gasteiger partial charge in [-0.2, -0.15) is 0 Å². The van der Waals surface area contributed by atoms with Crippen LogP contribution < -0.4 is 5.32 Å². The second kappa shape index (κ2) is 7.68. The Balaban J connectivity index is 1.62. The summed E-state index contributed by atoms with van der Waals surface area (Å²) >= 11 is 0. The number of nitrogens with one attached hydrogen (secondary N) is 1. The normalized spacial score (nSPS) is 17.5. The van der Waals surface area contributed by atoms with Gasteiger partial charge >= 0.3 is 0 Å².